The molecular formula is C22H41BP+. The van der Waals surface area contributed by atoms with Gasteiger partial charge in [-0.25, -0.2) is 0 Å². The average molecular weight is 347 g/mol. The highest BCUT2D eigenvalue weighted by atomic mass is 31.1. The van der Waals surface area contributed by atoms with Gasteiger partial charge in [0, 0.05) is 7.92 Å². The van der Waals surface area contributed by atoms with E-state index in [4.69, 9.17) is 0 Å². The van der Waals surface area contributed by atoms with Crippen molar-refractivity contribution in [3.8, 4) is 0 Å². The molecule has 0 aliphatic carbocycles. The highest BCUT2D eigenvalue weighted by Crippen LogP contribution is 2.60. The molecule has 2 heteroatoms. The number of rotatable bonds is 7. The van der Waals surface area contributed by atoms with Gasteiger partial charge in [0.05, 0.1) is 17.5 Å². The van der Waals surface area contributed by atoms with Crippen molar-refractivity contribution in [2.45, 2.75) is 132 Å². The fourth-order valence-electron chi connectivity index (χ4n) is 7.30. The summed E-state index contributed by atoms with van der Waals surface area (Å²) in [6, 6.07) is 0. The first-order valence-corrected chi connectivity index (χ1v) is 13.6. The van der Waals surface area contributed by atoms with Crippen molar-refractivity contribution in [3.05, 3.63) is 0 Å². The van der Waals surface area contributed by atoms with Crippen molar-refractivity contribution in [2.75, 3.05) is 6.16 Å². The topological polar surface area (TPSA) is 0 Å². The second-order valence-electron chi connectivity index (χ2n) is 9.83. The quantitative estimate of drug-likeness (QED) is 0.254. The van der Waals surface area contributed by atoms with Gasteiger partial charge in [0.25, 0.3) is 0 Å². The summed E-state index contributed by atoms with van der Waals surface area (Å²) < 4.78 is 0. The number of unbranched alkanes of at least 4 members (excludes halogenated alkanes) is 3. The van der Waals surface area contributed by atoms with E-state index in [-0.39, 0.29) is 7.92 Å². The van der Waals surface area contributed by atoms with Crippen LogP contribution in [-0.2, 0) is 0 Å². The second kappa shape index (κ2) is 8.93. The molecule has 2 atom stereocenters. The van der Waals surface area contributed by atoms with Crippen LogP contribution in [0.3, 0.4) is 0 Å². The normalized spacial score (nSPS) is 39.0. The van der Waals surface area contributed by atoms with Crippen LogP contribution in [0.4, 0.5) is 0 Å². The lowest BCUT2D eigenvalue weighted by molar-refractivity contribution is 0.439. The van der Waals surface area contributed by atoms with Gasteiger partial charge in [-0.3, -0.25) is 0 Å². The summed E-state index contributed by atoms with van der Waals surface area (Å²) in [5.74, 6) is 2.29. The molecule has 24 heavy (non-hydrogen) atoms. The molecule has 4 heterocycles. The van der Waals surface area contributed by atoms with Crippen LogP contribution in [0.2, 0.25) is 18.0 Å². The zero-order chi connectivity index (χ0) is 16.2. The van der Waals surface area contributed by atoms with E-state index < -0.39 is 0 Å². The van der Waals surface area contributed by atoms with Gasteiger partial charge in [0.1, 0.15) is 6.71 Å². The van der Waals surface area contributed by atoms with Gasteiger partial charge in [0.2, 0.25) is 0 Å². The second-order valence-corrected chi connectivity index (χ2v) is 13.1. The Morgan fingerprint density at radius 3 is 1.79 bits per heavy atom. The molecule has 0 N–H and O–H groups in total. The number of hydrogen-bond acceptors (Lipinski definition) is 0. The predicted octanol–water partition coefficient (Wildman–Crippen LogP) is 7.47. The van der Waals surface area contributed by atoms with Crippen LogP contribution in [0, 0.1) is 0 Å². The fraction of sp³-hybridized carbons (Fsp3) is 1.00. The number of fused-ring (bicyclic) bond motifs is 4. The molecule has 4 rings (SSSR count). The lowest BCUT2D eigenvalue weighted by Crippen LogP contribution is -2.34. The van der Waals surface area contributed by atoms with Crippen molar-refractivity contribution in [1.82, 2.24) is 0 Å². The summed E-state index contributed by atoms with van der Waals surface area (Å²) in [4.78, 5) is 0. The first-order chi connectivity index (χ1) is 11.9. The molecule has 0 aromatic heterocycles. The lowest BCUT2D eigenvalue weighted by Gasteiger charge is -2.40. The highest BCUT2D eigenvalue weighted by molar-refractivity contribution is 7.59. The van der Waals surface area contributed by atoms with Gasteiger partial charge in [0.15, 0.2) is 0 Å². The van der Waals surface area contributed by atoms with Gasteiger partial charge in [-0.15, -0.1) is 0 Å². The first-order valence-electron chi connectivity index (χ1n) is 11.8. The van der Waals surface area contributed by atoms with Gasteiger partial charge in [-0.2, -0.15) is 0 Å². The molecule has 0 radical (unpaired) electrons. The van der Waals surface area contributed by atoms with E-state index in [0.29, 0.717) is 0 Å². The van der Waals surface area contributed by atoms with Gasteiger partial charge in [-0.05, 0) is 51.4 Å². The minimum absolute atomic E-state index is 0.0526. The van der Waals surface area contributed by atoms with Crippen LogP contribution in [-0.4, -0.2) is 24.2 Å². The van der Waals surface area contributed by atoms with E-state index in [2.05, 4.69) is 0 Å². The summed E-state index contributed by atoms with van der Waals surface area (Å²) in [6.07, 6.45) is 28.6. The summed E-state index contributed by atoms with van der Waals surface area (Å²) in [5, 5.41) is 0. The van der Waals surface area contributed by atoms with Crippen molar-refractivity contribution in [1.29, 1.82) is 0 Å². The summed E-state index contributed by atoms with van der Waals surface area (Å²) in [7, 11) is 0.0526. The maximum atomic E-state index is 1.69. The van der Waals surface area contributed by atoms with Crippen LogP contribution in [0.15, 0.2) is 0 Å². The Balaban J connectivity index is 1.12. The molecule has 4 saturated heterocycles. The van der Waals surface area contributed by atoms with E-state index in [1.54, 1.807) is 115 Å². The zero-order valence-electron chi connectivity index (χ0n) is 16.1. The molecule has 4 aliphatic rings. The molecular weight excluding hydrogens is 306 g/mol. The minimum Gasteiger partial charge on any atom is -0.0737 e. The van der Waals surface area contributed by atoms with Crippen molar-refractivity contribution < 1.29 is 0 Å². The van der Waals surface area contributed by atoms with Crippen LogP contribution in [0.1, 0.15) is 103 Å². The fourth-order valence-corrected chi connectivity index (χ4v) is 11.7. The molecule has 0 aromatic carbocycles. The van der Waals surface area contributed by atoms with Crippen LogP contribution >= 0.6 is 7.92 Å². The van der Waals surface area contributed by atoms with Crippen molar-refractivity contribution in [3.63, 3.8) is 0 Å². The zero-order valence-corrected chi connectivity index (χ0v) is 17.1. The monoisotopic (exact) mass is 347 g/mol. The molecule has 2 unspecified atom stereocenters. The third-order valence-corrected chi connectivity index (χ3v) is 12.7. The highest BCUT2D eigenvalue weighted by Gasteiger charge is 2.42. The Labute approximate surface area is 153 Å². The van der Waals surface area contributed by atoms with E-state index >= 15 is 0 Å². The minimum atomic E-state index is 0.0526. The third-order valence-electron chi connectivity index (χ3n) is 8.53. The molecule has 0 amide bonds. The first kappa shape index (κ1) is 17.9. The van der Waals surface area contributed by atoms with E-state index in [9.17, 15) is 0 Å². The molecule has 0 nitrogen and oxygen atoms in total. The standard InChI is InChI=1S/C22H40BP/c1(5-17-23-19-9-7-10-20(23)12-8-11-19)2-6-18-24-21-13-3-4-14-22(24)16-15-21/h19-22H,1-18H2/p+1. The van der Waals surface area contributed by atoms with Gasteiger partial charge < -0.3 is 0 Å². The maximum absolute atomic E-state index is 1.69. The SMILES string of the molecule is C(CCC[PH+]1C2CCCCC1CC2)CCB1C2CCCC1CCC2. The van der Waals surface area contributed by atoms with Crippen LogP contribution < -0.4 is 0 Å². The Morgan fingerprint density at radius 2 is 1.17 bits per heavy atom. The molecule has 0 spiro atoms. The average Bonchev–Trinajstić information content (AvgIpc) is 2.82. The molecule has 0 aromatic rings. The van der Waals surface area contributed by atoms with E-state index in [1.807, 2.05) is 0 Å². The number of hydrogen-bond donors (Lipinski definition) is 0. The maximum Gasteiger partial charge on any atom is 0.146 e. The van der Waals surface area contributed by atoms with E-state index in [1.165, 1.54) is 11.3 Å². The molecule has 4 fully saturated rings. The van der Waals surface area contributed by atoms with Crippen molar-refractivity contribution in [2.24, 2.45) is 0 Å². The van der Waals surface area contributed by atoms with Crippen LogP contribution in [0.25, 0.3) is 0 Å². The lowest BCUT2D eigenvalue weighted by atomic mass is 9.26. The Bertz CT molecular complexity index is 331. The summed E-state index contributed by atoms with van der Waals surface area (Å²) in [6.45, 7) is 1.15. The van der Waals surface area contributed by atoms with Crippen molar-refractivity contribution >= 4 is 14.6 Å². The van der Waals surface area contributed by atoms with Gasteiger partial charge >= 0.3 is 0 Å². The van der Waals surface area contributed by atoms with Crippen LogP contribution in [0.5, 0.6) is 0 Å². The smallest absolute Gasteiger partial charge is 0.0737 e. The third kappa shape index (κ3) is 4.24. The Kier molecular flexibility index (Phi) is 6.65. The summed E-state index contributed by atoms with van der Waals surface area (Å²) >= 11 is 0. The summed E-state index contributed by atoms with van der Waals surface area (Å²) in [5.41, 5.74) is 2.48. The molecule has 136 valence electrons. The largest absolute Gasteiger partial charge is 0.146 e. The van der Waals surface area contributed by atoms with Gasteiger partial charge in [-0.1, -0.05) is 69.3 Å². The molecule has 0 saturated carbocycles. The molecule has 4 aliphatic heterocycles. The molecule has 4 bridgehead atoms. The predicted molar refractivity (Wildman–Crippen MR) is 113 cm³/mol. The van der Waals surface area contributed by atoms with E-state index in [0.717, 1.165) is 18.3 Å². The Morgan fingerprint density at radius 1 is 0.583 bits per heavy atom. The Hall–Kier alpha value is 0.495.